The first kappa shape index (κ1) is 32.1. The van der Waals surface area contributed by atoms with Crippen molar-refractivity contribution in [2.45, 2.75) is 38.5 Å². The maximum atomic E-state index is 13.4. The van der Waals surface area contributed by atoms with Gasteiger partial charge in [0.1, 0.15) is 17.1 Å². The van der Waals surface area contributed by atoms with Gasteiger partial charge in [-0.3, -0.25) is 4.79 Å². The molecule has 2 heterocycles. The van der Waals surface area contributed by atoms with Crippen molar-refractivity contribution in [2.24, 2.45) is 0 Å². The molecule has 1 aliphatic heterocycles. The summed E-state index contributed by atoms with van der Waals surface area (Å²) >= 11 is 0. The van der Waals surface area contributed by atoms with Gasteiger partial charge in [0.15, 0.2) is 11.5 Å². The minimum Gasteiger partial charge on any atom is -0.493 e. The molecule has 0 saturated carbocycles. The number of carbonyl (C=O) groups is 3. The fourth-order valence-electron chi connectivity index (χ4n) is 4.56. The summed E-state index contributed by atoms with van der Waals surface area (Å²) in [5.41, 5.74) is 1.61. The smallest absolute Gasteiger partial charge is 0.328 e. The predicted molar refractivity (Wildman–Crippen MR) is 150 cm³/mol. The molecule has 42 heavy (non-hydrogen) atoms. The maximum absolute atomic E-state index is 13.4. The minimum absolute atomic E-state index is 0.278. The molecule has 2 aromatic carbocycles. The van der Waals surface area contributed by atoms with E-state index in [4.69, 9.17) is 28.9 Å². The topological polar surface area (TPSA) is 149 Å². The van der Waals surface area contributed by atoms with Gasteiger partial charge in [0.2, 0.25) is 0 Å². The number of ether oxygens (including phenoxy) is 3. The lowest BCUT2D eigenvalue weighted by Gasteiger charge is -2.30. The molecule has 0 atom stereocenters. The largest absolute Gasteiger partial charge is 0.493 e. The molecule has 0 aliphatic carbocycles. The first-order valence-corrected chi connectivity index (χ1v) is 13.5. The number of hydrogen-bond donors (Lipinski definition) is 2. The highest BCUT2D eigenvalue weighted by Gasteiger charge is 2.25. The fourth-order valence-corrected chi connectivity index (χ4v) is 4.56. The Bertz CT molecular complexity index is 1360. The first-order valence-electron chi connectivity index (χ1n) is 13.5. The lowest BCUT2D eigenvalue weighted by molar-refractivity contribution is -0.141. The quantitative estimate of drug-likeness (QED) is 0.176. The highest BCUT2D eigenvalue weighted by atomic mass is 19.1. The molecule has 0 bridgehead atoms. The molecule has 226 valence electrons. The van der Waals surface area contributed by atoms with E-state index in [-0.39, 0.29) is 11.8 Å². The van der Waals surface area contributed by atoms with E-state index in [1.807, 2.05) is 18.2 Å². The Morgan fingerprint density at radius 1 is 1.05 bits per heavy atom. The van der Waals surface area contributed by atoms with Crippen LogP contribution in [0.5, 0.6) is 11.5 Å². The van der Waals surface area contributed by atoms with Gasteiger partial charge < -0.3 is 33.8 Å². The average Bonchev–Trinajstić information content (AvgIpc) is 3.38. The molecule has 0 amide bonds. The number of carboxylic acid groups (broad SMARTS) is 2. The van der Waals surface area contributed by atoms with Crippen molar-refractivity contribution in [1.82, 2.24) is 10.1 Å². The average molecular weight is 587 g/mol. The van der Waals surface area contributed by atoms with Crippen molar-refractivity contribution >= 4 is 28.8 Å². The van der Waals surface area contributed by atoms with Gasteiger partial charge in [-0.25, -0.2) is 14.0 Å². The van der Waals surface area contributed by atoms with Gasteiger partial charge in [0, 0.05) is 49.4 Å². The summed E-state index contributed by atoms with van der Waals surface area (Å²) in [6, 6.07) is 10.4. The first-order chi connectivity index (χ1) is 20.2. The van der Waals surface area contributed by atoms with E-state index in [0.29, 0.717) is 54.7 Å². The number of carboxylic acids is 2. The lowest BCUT2D eigenvalue weighted by Crippen LogP contribution is -2.34. The molecular weight excluding hydrogens is 551 g/mol. The number of aromatic nitrogens is 1. The van der Waals surface area contributed by atoms with Crippen molar-refractivity contribution in [3.05, 3.63) is 65.7 Å². The van der Waals surface area contributed by atoms with Crippen LogP contribution in [0.25, 0.3) is 10.9 Å². The number of likely N-dealkylation sites (tertiary alicyclic amines) is 1. The van der Waals surface area contributed by atoms with E-state index in [1.54, 1.807) is 13.2 Å². The van der Waals surface area contributed by atoms with E-state index in [1.165, 1.54) is 19.1 Å². The third-order valence-corrected chi connectivity index (χ3v) is 6.59. The molecule has 11 nitrogen and oxygen atoms in total. The Labute approximate surface area is 242 Å². The van der Waals surface area contributed by atoms with Gasteiger partial charge in [0.05, 0.1) is 20.3 Å². The standard InChI is InChI=1S/C26H31FN2O5.C4H4O4/c1-18(30)32-15-10-19-4-7-24(25(16-19)31-2)33-14-3-11-29-12-8-20(9-13-29)26-22-6-5-21(27)17-23(22)28-34-26;5-3(6)1-2-4(7)8/h4-7,16-17,20H,3,8-15H2,1-2H3;1-2H,(H,5,6)(H,7,8)/b;2-1+. The normalized spacial score (nSPS) is 13.9. The molecule has 0 unspecified atom stereocenters. The monoisotopic (exact) mass is 586 g/mol. The molecular formula is C30H35FN2O9. The lowest BCUT2D eigenvalue weighted by atomic mass is 9.92. The van der Waals surface area contributed by atoms with Crippen molar-refractivity contribution in [1.29, 1.82) is 0 Å². The summed E-state index contributed by atoms with van der Waals surface area (Å²) < 4.78 is 35.4. The number of piperidine rings is 1. The van der Waals surface area contributed by atoms with E-state index in [9.17, 15) is 18.8 Å². The van der Waals surface area contributed by atoms with Crippen LogP contribution in [0, 0.1) is 5.82 Å². The molecule has 0 spiro atoms. The number of rotatable bonds is 12. The Kier molecular flexibility index (Phi) is 12.3. The molecule has 12 heteroatoms. The van der Waals surface area contributed by atoms with Gasteiger partial charge in [-0.15, -0.1) is 0 Å². The Balaban J connectivity index is 0.000000531. The molecule has 1 saturated heterocycles. The number of halogens is 1. The van der Waals surface area contributed by atoms with Crippen molar-refractivity contribution in [3.8, 4) is 11.5 Å². The summed E-state index contributed by atoms with van der Waals surface area (Å²) in [6.45, 7) is 5.27. The number of carbonyl (C=O) groups excluding carboxylic acids is 1. The molecule has 1 fully saturated rings. The van der Waals surface area contributed by atoms with Crippen LogP contribution in [0.15, 0.2) is 53.1 Å². The third-order valence-electron chi connectivity index (χ3n) is 6.59. The van der Waals surface area contributed by atoms with Gasteiger partial charge >= 0.3 is 17.9 Å². The molecule has 3 aromatic rings. The van der Waals surface area contributed by atoms with Crippen LogP contribution in [0.4, 0.5) is 4.39 Å². The number of aliphatic carboxylic acids is 2. The fraction of sp³-hybridized carbons (Fsp3) is 0.400. The Morgan fingerprint density at radius 2 is 1.76 bits per heavy atom. The summed E-state index contributed by atoms with van der Waals surface area (Å²) in [4.78, 5) is 32.5. The number of methoxy groups -OCH3 is 1. The van der Waals surface area contributed by atoms with Crippen LogP contribution in [0.1, 0.15) is 43.4 Å². The number of esters is 1. The maximum Gasteiger partial charge on any atom is 0.328 e. The van der Waals surface area contributed by atoms with E-state index in [0.717, 1.165) is 55.6 Å². The highest BCUT2D eigenvalue weighted by Crippen LogP contribution is 2.33. The molecule has 0 radical (unpaired) electrons. The second-order valence-electron chi connectivity index (χ2n) is 9.61. The molecule has 1 aliphatic rings. The van der Waals surface area contributed by atoms with Crippen molar-refractivity contribution in [2.75, 3.05) is 40.0 Å². The molecule has 1 aromatic heterocycles. The Morgan fingerprint density at radius 3 is 2.40 bits per heavy atom. The third kappa shape index (κ3) is 10.2. The molecule has 4 rings (SSSR count). The van der Waals surface area contributed by atoms with Crippen LogP contribution >= 0.6 is 0 Å². The number of fused-ring (bicyclic) bond motifs is 1. The second kappa shape index (κ2) is 16.1. The zero-order valence-corrected chi connectivity index (χ0v) is 23.6. The summed E-state index contributed by atoms with van der Waals surface area (Å²) in [6.07, 6.45) is 4.64. The van der Waals surface area contributed by atoms with Gasteiger partial charge in [0.25, 0.3) is 0 Å². The summed E-state index contributed by atoms with van der Waals surface area (Å²) in [5.74, 6) is -0.504. The predicted octanol–water partition coefficient (Wildman–Crippen LogP) is 4.44. The SMILES string of the molecule is COc1cc(CCOC(C)=O)ccc1OCCCN1CCC(c2onc3cc(F)ccc23)CC1.O=C(O)/C=C/C(=O)O. The number of nitrogens with zero attached hydrogens (tertiary/aromatic N) is 2. The zero-order chi connectivity index (χ0) is 30.5. The van der Waals surface area contributed by atoms with E-state index in [2.05, 4.69) is 10.1 Å². The van der Waals surface area contributed by atoms with Gasteiger partial charge in [-0.05, 0) is 62.2 Å². The minimum atomic E-state index is -1.26. The number of hydrogen-bond acceptors (Lipinski definition) is 9. The second-order valence-corrected chi connectivity index (χ2v) is 9.61. The van der Waals surface area contributed by atoms with Gasteiger partial charge in [-0.2, -0.15) is 0 Å². The van der Waals surface area contributed by atoms with E-state index < -0.39 is 11.9 Å². The summed E-state index contributed by atoms with van der Waals surface area (Å²) in [7, 11) is 1.62. The van der Waals surface area contributed by atoms with Crippen molar-refractivity contribution in [3.63, 3.8) is 0 Å². The van der Waals surface area contributed by atoms with Crippen LogP contribution in [-0.2, 0) is 25.5 Å². The van der Waals surface area contributed by atoms with E-state index >= 15 is 0 Å². The van der Waals surface area contributed by atoms with Crippen LogP contribution in [-0.4, -0.2) is 78.1 Å². The van der Waals surface area contributed by atoms with Crippen LogP contribution in [0.3, 0.4) is 0 Å². The number of benzene rings is 2. The Hall–Kier alpha value is -4.45. The molecule has 2 N–H and O–H groups in total. The zero-order valence-electron chi connectivity index (χ0n) is 23.6. The van der Waals surface area contributed by atoms with Gasteiger partial charge in [-0.1, -0.05) is 11.2 Å². The van der Waals surface area contributed by atoms with Crippen LogP contribution in [0.2, 0.25) is 0 Å². The summed E-state index contributed by atoms with van der Waals surface area (Å²) in [5, 5.41) is 20.6. The van der Waals surface area contributed by atoms with Crippen LogP contribution < -0.4 is 9.47 Å². The highest BCUT2D eigenvalue weighted by molar-refractivity contribution is 5.89. The van der Waals surface area contributed by atoms with Crippen molar-refractivity contribution < 1.29 is 47.7 Å².